The molecule has 1 saturated heterocycles. The van der Waals surface area contributed by atoms with Gasteiger partial charge in [-0.15, -0.1) is 0 Å². The molecule has 1 aromatic heterocycles. The minimum absolute atomic E-state index is 0.0691. The standard InChI is InChI=1S/C23H34N4O4/c1-16-20(18(3)31-25-16)15-26-10-12-27(13-11-26)17(2)23(28)24-9-8-19-6-7-21(29-4)22(14-19)30-5/h6-7,14,17H,8-13,15H2,1-5H3,(H,24,28). The number of piperazine rings is 1. The van der Waals surface area contributed by atoms with Gasteiger partial charge < -0.3 is 19.3 Å². The summed E-state index contributed by atoms with van der Waals surface area (Å²) in [5, 5.41) is 7.11. The zero-order chi connectivity index (χ0) is 22.4. The third-order valence-corrected chi connectivity index (χ3v) is 6.06. The topological polar surface area (TPSA) is 80.1 Å². The van der Waals surface area contributed by atoms with Gasteiger partial charge in [-0.05, 0) is 44.9 Å². The molecular weight excluding hydrogens is 396 g/mol. The van der Waals surface area contributed by atoms with E-state index in [1.165, 1.54) is 5.56 Å². The Bertz CT molecular complexity index is 855. The van der Waals surface area contributed by atoms with Crippen LogP contribution in [0.2, 0.25) is 0 Å². The Labute approximate surface area is 184 Å². The first-order valence-corrected chi connectivity index (χ1v) is 10.8. The van der Waals surface area contributed by atoms with Crippen LogP contribution in [0, 0.1) is 13.8 Å². The second-order valence-electron chi connectivity index (χ2n) is 8.02. The molecular formula is C23H34N4O4. The summed E-state index contributed by atoms with van der Waals surface area (Å²) in [6, 6.07) is 5.69. The van der Waals surface area contributed by atoms with Crippen molar-refractivity contribution in [2.45, 2.75) is 39.8 Å². The molecule has 0 spiro atoms. The van der Waals surface area contributed by atoms with E-state index >= 15 is 0 Å². The van der Waals surface area contributed by atoms with E-state index in [2.05, 4.69) is 20.3 Å². The lowest BCUT2D eigenvalue weighted by Crippen LogP contribution is -2.53. The summed E-state index contributed by atoms with van der Waals surface area (Å²) in [5.74, 6) is 2.37. The summed E-state index contributed by atoms with van der Waals surface area (Å²) >= 11 is 0. The normalized spacial score (nSPS) is 16.2. The highest BCUT2D eigenvalue weighted by Crippen LogP contribution is 2.27. The number of amides is 1. The van der Waals surface area contributed by atoms with Crippen molar-refractivity contribution in [3.8, 4) is 11.5 Å². The monoisotopic (exact) mass is 430 g/mol. The number of hydrogen-bond donors (Lipinski definition) is 1. The zero-order valence-corrected chi connectivity index (χ0v) is 19.2. The second-order valence-corrected chi connectivity index (χ2v) is 8.02. The molecule has 1 unspecified atom stereocenters. The van der Waals surface area contributed by atoms with Gasteiger partial charge in [0.15, 0.2) is 11.5 Å². The zero-order valence-electron chi connectivity index (χ0n) is 19.2. The smallest absolute Gasteiger partial charge is 0.237 e. The van der Waals surface area contributed by atoms with Crippen LogP contribution in [0.4, 0.5) is 0 Å². The molecule has 1 atom stereocenters. The predicted molar refractivity (Wildman–Crippen MR) is 119 cm³/mol. The van der Waals surface area contributed by atoms with Crippen molar-refractivity contribution >= 4 is 5.91 Å². The van der Waals surface area contributed by atoms with Crippen molar-refractivity contribution in [3.63, 3.8) is 0 Å². The van der Waals surface area contributed by atoms with Crippen molar-refractivity contribution in [1.82, 2.24) is 20.3 Å². The van der Waals surface area contributed by atoms with E-state index in [4.69, 9.17) is 14.0 Å². The van der Waals surface area contributed by atoms with Gasteiger partial charge >= 0.3 is 0 Å². The Balaban J connectivity index is 1.42. The number of aryl methyl sites for hydroxylation is 2. The number of rotatable bonds is 9. The van der Waals surface area contributed by atoms with Crippen LogP contribution >= 0.6 is 0 Å². The van der Waals surface area contributed by atoms with Crippen LogP contribution < -0.4 is 14.8 Å². The molecule has 1 N–H and O–H groups in total. The van der Waals surface area contributed by atoms with Crippen molar-refractivity contribution in [2.75, 3.05) is 46.9 Å². The number of nitrogens with zero attached hydrogens (tertiary/aromatic N) is 3. The Morgan fingerprint density at radius 3 is 2.48 bits per heavy atom. The third-order valence-electron chi connectivity index (χ3n) is 6.06. The number of carbonyl (C=O) groups is 1. The maximum Gasteiger partial charge on any atom is 0.237 e. The summed E-state index contributed by atoms with van der Waals surface area (Å²) in [6.45, 7) is 10.9. The third kappa shape index (κ3) is 5.77. The first-order valence-electron chi connectivity index (χ1n) is 10.8. The largest absolute Gasteiger partial charge is 0.493 e. The Kier molecular flexibility index (Phi) is 7.92. The van der Waals surface area contributed by atoms with E-state index in [0.29, 0.717) is 18.0 Å². The van der Waals surface area contributed by atoms with Gasteiger partial charge in [0.1, 0.15) is 5.76 Å². The SMILES string of the molecule is COc1ccc(CCNC(=O)C(C)N2CCN(Cc3c(C)noc3C)CC2)cc1OC. The first kappa shape index (κ1) is 23.1. The lowest BCUT2D eigenvalue weighted by Gasteiger charge is -2.37. The fourth-order valence-corrected chi connectivity index (χ4v) is 3.94. The number of methoxy groups -OCH3 is 2. The van der Waals surface area contributed by atoms with Gasteiger partial charge in [0, 0.05) is 44.8 Å². The van der Waals surface area contributed by atoms with Gasteiger partial charge in [0.25, 0.3) is 0 Å². The van der Waals surface area contributed by atoms with E-state index in [1.54, 1.807) is 14.2 Å². The highest BCUT2D eigenvalue weighted by atomic mass is 16.5. The van der Waals surface area contributed by atoms with Gasteiger partial charge in [0.05, 0.1) is 26.0 Å². The molecule has 1 amide bonds. The average molecular weight is 431 g/mol. The molecule has 0 radical (unpaired) electrons. The van der Waals surface area contributed by atoms with Crippen LogP contribution in [-0.4, -0.2) is 73.8 Å². The van der Waals surface area contributed by atoms with Crippen LogP contribution in [0.5, 0.6) is 11.5 Å². The molecule has 1 aliphatic rings. The molecule has 0 aliphatic carbocycles. The van der Waals surface area contributed by atoms with Crippen molar-refractivity contribution in [1.29, 1.82) is 0 Å². The summed E-state index contributed by atoms with van der Waals surface area (Å²) < 4.78 is 15.9. The summed E-state index contributed by atoms with van der Waals surface area (Å²) in [7, 11) is 3.24. The molecule has 8 heteroatoms. The highest BCUT2D eigenvalue weighted by Gasteiger charge is 2.26. The van der Waals surface area contributed by atoms with Gasteiger partial charge in [-0.3, -0.25) is 14.6 Å². The first-order chi connectivity index (χ1) is 14.9. The predicted octanol–water partition coefficient (Wildman–Crippen LogP) is 2.17. The molecule has 0 bridgehead atoms. The molecule has 1 fully saturated rings. The number of ether oxygens (including phenoxy) is 2. The quantitative estimate of drug-likeness (QED) is 0.653. The van der Waals surface area contributed by atoms with E-state index < -0.39 is 0 Å². The fourth-order valence-electron chi connectivity index (χ4n) is 3.94. The average Bonchev–Trinajstić information content (AvgIpc) is 3.10. The van der Waals surface area contributed by atoms with Crippen LogP contribution in [0.25, 0.3) is 0 Å². The number of benzene rings is 1. The van der Waals surface area contributed by atoms with Gasteiger partial charge in [-0.25, -0.2) is 0 Å². The summed E-state index contributed by atoms with van der Waals surface area (Å²) in [5.41, 5.74) is 3.23. The van der Waals surface area contributed by atoms with Gasteiger partial charge in [-0.1, -0.05) is 11.2 Å². The van der Waals surface area contributed by atoms with Crippen LogP contribution in [0.15, 0.2) is 22.7 Å². The number of carbonyl (C=O) groups excluding carboxylic acids is 1. The van der Waals surface area contributed by atoms with Crippen molar-refractivity contribution < 1.29 is 18.8 Å². The van der Waals surface area contributed by atoms with E-state index in [0.717, 1.165) is 56.2 Å². The van der Waals surface area contributed by atoms with Crippen LogP contribution in [0.3, 0.4) is 0 Å². The molecule has 8 nitrogen and oxygen atoms in total. The minimum atomic E-state index is -0.147. The number of hydrogen-bond acceptors (Lipinski definition) is 7. The van der Waals surface area contributed by atoms with Gasteiger partial charge in [0.2, 0.25) is 5.91 Å². The molecule has 1 aromatic carbocycles. The molecule has 3 rings (SSSR count). The van der Waals surface area contributed by atoms with Crippen molar-refractivity contribution in [2.24, 2.45) is 0 Å². The molecule has 2 heterocycles. The Morgan fingerprint density at radius 2 is 1.87 bits per heavy atom. The highest BCUT2D eigenvalue weighted by molar-refractivity contribution is 5.81. The second kappa shape index (κ2) is 10.6. The van der Waals surface area contributed by atoms with Crippen LogP contribution in [0.1, 0.15) is 29.5 Å². The van der Waals surface area contributed by atoms with Crippen molar-refractivity contribution in [3.05, 3.63) is 40.8 Å². The van der Waals surface area contributed by atoms with E-state index in [9.17, 15) is 4.79 Å². The molecule has 0 saturated carbocycles. The summed E-state index contributed by atoms with van der Waals surface area (Å²) in [4.78, 5) is 17.3. The maximum atomic E-state index is 12.7. The number of aromatic nitrogens is 1. The summed E-state index contributed by atoms with van der Waals surface area (Å²) in [6.07, 6.45) is 0.740. The maximum absolute atomic E-state index is 12.7. The lowest BCUT2D eigenvalue weighted by atomic mass is 10.1. The lowest BCUT2D eigenvalue weighted by molar-refractivity contribution is -0.126. The Morgan fingerprint density at radius 1 is 1.16 bits per heavy atom. The van der Waals surface area contributed by atoms with Crippen LogP contribution in [-0.2, 0) is 17.8 Å². The van der Waals surface area contributed by atoms with E-state index in [1.807, 2.05) is 39.0 Å². The molecule has 31 heavy (non-hydrogen) atoms. The fraction of sp³-hybridized carbons (Fsp3) is 0.565. The number of nitrogens with one attached hydrogen (secondary N) is 1. The molecule has 170 valence electrons. The molecule has 1 aliphatic heterocycles. The Hall–Kier alpha value is -2.58. The molecule has 2 aromatic rings. The van der Waals surface area contributed by atoms with Gasteiger partial charge in [-0.2, -0.15) is 0 Å². The van der Waals surface area contributed by atoms with E-state index in [-0.39, 0.29) is 11.9 Å². The minimum Gasteiger partial charge on any atom is -0.493 e.